The van der Waals surface area contributed by atoms with Gasteiger partial charge in [0.05, 0.1) is 5.56 Å². The fourth-order valence-electron chi connectivity index (χ4n) is 3.44. The number of fused-ring (bicyclic) bond motifs is 4. The van der Waals surface area contributed by atoms with Gasteiger partial charge in [-0.15, -0.1) is 0 Å². The lowest BCUT2D eigenvalue weighted by atomic mass is 10.0. The minimum absolute atomic E-state index is 0.274. The van der Waals surface area contributed by atoms with Gasteiger partial charge in [0, 0.05) is 10.8 Å². The highest BCUT2D eigenvalue weighted by molar-refractivity contribution is 6.03. The third-order valence-electron chi connectivity index (χ3n) is 4.49. The molecule has 2 aliphatic rings. The van der Waals surface area contributed by atoms with Gasteiger partial charge in [-0.3, -0.25) is 0 Å². The highest BCUT2D eigenvalue weighted by Crippen LogP contribution is 2.28. The Morgan fingerprint density at radius 2 is 1.35 bits per heavy atom. The van der Waals surface area contributed by atoms with Crippen LogP contribution < -0.4 is 10.4 Å². The summed E-state index contributed by atoms with van der Waals surface area (Å²) in [6.07, 6.45) is 2.17. The fraction of sp³-hybridized carbons (Fsp3) is 0. The molecule has 2 nitrogen and oxygen atoms in total. The highest BCUT2D eigenvalue weighted by Gasteiger charge is 2.27. The van der Waals surface area contributed by atoms with Crippen molar-refractivity contribution >= 4 is 17.8 Å². The molecule has 1 heterocycles. The summed E-state index contributed by atoms with van der Waals surface area (Å²) in [4.78, 5) is 12.1. The minimum Gasteiger partial charge on any atom is -0.422 e. The maximum Gasteiger partial charge on any atom is 0.344 e. The van der Waals surface area contributed by atoms with Gasteiger partial charge in [-0.2, -0.15) is 0 Å². The van der Waals surface area contributed by atoms with Crippen LogP contribution in [0, 0.1) is 0 Å². The molecular weight excluding hydrogens is 284 g/mol. The van der Waals surface area contributed by atoms with Crippen molar-refractivity contribution in [2.45, 2.75) is 0 Å². The maximum atomic E-state index is 12.1. The molecule has 108 valence electrons. The van der Waals surface area contributed by atoms with E-state index >= 15 is 0 Å². The number of hydrogen-bond donors (Lipinski definition) is 0. The Morgan fingerprint density at radius 1 is 0.652 bits per heavy atom. The second kappa shape index (κ2) is 4.43. The van der Waals surface area contributed by atoms with Crippen molar-refractivity contribution in [2.24, 2.45) is 0 Å². The summed E-state index contributed by atoms with van der Waals surface area (Å²) in [6.45, 7) is 0. The van der Waals surface area contributed by atoms with Crippen LogP contribution in [0.1, 0.15) is 21.5 Å². The smallest absolute Gasteiger partial charge is 0.344 e. The summed E-state index contributed by atoms with van der Waals surface area (Å²) in [5.74, 6) is 0.384. The van der Waals surface area contributed by atoms with Gasteiger partial charge in [0.1, 0.15) is 5.76 Å². The quantitative estimate of drug-likeness (QED) is 0.466. The summed E-state index contributed by atoms with van der Waals surface area (Å²) in [7, 11) is 0. The van der Waals surface area contributed by atoms with Gasteiger partial charge in [-0.1, -0.05) is 60.7 Å². The summed E-state index contributed by atoms with van der Waals surface area (Å²) in [5, 5.41) is 2.09. The van der Waals surface area contributed by atoms with Crippen molar-refractivity contribution < 1.29 is 9.53 Å². The number of carbonyl (C=O) groups excluding carboxylic acids is 1. The molecule has 3 aromatic rings. The van der Waals surface area contributed by atoms with E-state index < -0.39 is 0 Å². The van der Waals surface area contributed by atoms with Crippen LogP contribution in [0.25, 0.3) is 23.0 Å². The predicted molar refractivity (Wildman–Crippen MR) is 89.1 cm³/mol. The SMILES string of the molecule is O=C1OC(=c2cccc3c2=Cc2ccccc2-3)c2ccccc21. The summed E-state index contributed by atoms with van der Waals surface area (Å²) in [5.41, 5.74) is 5.12. The molecule has 0 fully saturated rings. The Labute approximate surface area is 133 Å². The molecular formula is C21H12O2. The number of benzene rings is 3. The van der Waals surface area contributed by atoms with Crippen LogP contribution in [0.5, 0.6) is 0 Å². The third-order valence-corrected chi connectivity index (χ3v) is 4.49. The van der Waals surface area contributed by atoms with E-state index in [-0.39, 0.29) is 5.97 Å². The first kappa shape index (κ1) is 12.4. The van der Waals surface area contributed by atoms with Crippen molar-refractivity contribution in [1.82, 2.24) is 0 Å². The summed E-state index contributed by atoms with van der Waals surface area (Å²) < 4.78 is 5.60. The first-order valence-corrected chi connectivity index (χ1v) is 7.59. The molecule has 0 amide bonds. The molecule has 0 unspecified atom stereocenters. The summed E-state index contributed by atoms with van der Waals surface area (Å²) >= 11 is 0. The molecule has 0 radical (unpaired) electrons. The average molecular weight is 296 g/mol. The van der Waals surface area contributed by atoms with E-state index in [9.17, 15) is 4.79 Å². The molecule has 1 aliphatic carbocycles. The summed E-state index contributed by atoms with van der Waals surface area (Å²) in [6, 6.07) is 22.0. The molecule has 23 heavy (non-hydrogen) atoms. The molecule has 2 heteroatoms. The van der Waals surface area contributed by atoms with Crippen molar-refractivity contribution in [3.05, 3.63) is 93.9 Å². The standard InChI is InChI=1S/C21H12O2/c22-21-18-9-4-3-8-16(18)20(23-21)17-11-5-10-15-14-7-2-1-6-13(14)12-19(15)17/h1-12H. The van der Waals surface area contributed by atoms with Crippen LogP contribution in [0.15, 0.2) is 66.7 Å². The second-order valence-electron chi connectivity index (χ2n) is 5.76. The van der Waals surface area contributed by atoms with Gasteiger partial charge in [-0.25, -0.2) is 4.79 Å². The topological polar surface area (TPSA) is 26.3 Å². The molecule has 5 rings (SSSR count). The first-order chi connectivity index (χ1) is 11.3. The van der Waals surface area contributed by atoms with Crippen molar-refractivity contribution in [2.75, 3.05) is 0 Å². The van der Waals surface area contributed by atoms with E-state index in [1.165, 1.54) is 16.7 Å². The zero-order valence-electron chi connectivity index (χ0n) is 12.2. The molecule has 0 N–H and O–H groups in total. The van der Waals surface area contributed by atoms with Gasteiger partial charge in [0.25, 0.3) is 0 Å². The van der Waals surface area contributed by atoms with Gasteiger partial charge >= 0.3 is 5.97 Å². The molecule has 1 aliphatic heterocycles. The Bertz CT molecular complexity index is 1110. The lowest BCUT2D eigenvalue weighted by Crippen LogP contribution is -2.27. The predicted octanol–water partition coefficient (Wildman–Crippen LogP) is 2.82. The number of esters is 1. The molecule has 0 aromatic heterocycles. The van der Waals surface area contributed by atoms with E-state index in [4.69, 9.17) is 4.74 Å². The molecule has 0 saturated heterocycles. The Kier molecular flexibility index (Phi) is 2.39. The average Bonchev–Trinajstić information content (AvgIpc) is 3.13. The molecule has 0 saturated carbocycles. The van der Waals surface area contributed by atoms with Crippen LogP contribution in [-0.4, -0.2) is 5.97 Å². The number of rotatable bonds is 0. The van der Waals surface area contributed by atoms with E-state index in [1.54, 1.807) is 0 Å². The zero-order valence-corrected chi connectivity index (χ0v) is 12.2. The van der Waals surface area contributed by atoms with Gasteiger partial charge < -0.3 is 4.74 Å². The van der Waals surface area contributed by atoms with Crippen LogP contribution in [0.2, 0.25) is 0 Å². The molecule has 0 spiro atoms. The van der Waals surface area contributed by atoms with Crippen molar-refractivity contribution in [3.8, 4) is 11.1 Å². The minimum atomic E-state index is -0.274. The van der Waals surface area contributed by atoms with Crippen LogP contribution in [0.4, 0.5) is 0 Å². The number of ether oxygens (including phenoxy) is 1. The van der Waals surface area contributed by atoms with Crippen LogP contribution in [0.3, 0.4) is 0 Å². The number of cyclic esters (lactones) is 1. The lowest BCUT2D eigenvalue weighted by Gasteiger charge is -2.02. The van der Waals surface area contributed by atoms with E-state index in [0.717, 1.165) is 16.0 Å². The Balaban J connectivity index is 1.91. The van der Waals surface area contributed by atoms with Crippen molar-refractivity contribution in [1.29, 1.82) is 0 Å². The lowest BCUT2D eigenvalue weighted by molar-refractivity contribution is 0.0714. The fourth-order valence-corrected chi connectivity index (χ4v) is 3.44. The van der Waals surface area contributed by atoms with E-state index in [2.05, 4.69) is 24.3 Å². The maximum absolute atomic E-state index is 12.1. The molecule has 0 atom stereocenters. The third kappa shape index (κ3) is 1.66. The number of carbonyl (C=O) groups is 1. The monoisotopic (exact) mass is 296 g/mol. The normalized spacial score (nSPS) is 16.3. The van der Waals surface area contributed by atoms with Gasteiger partial charge in [0.2, 0.25) is 0 Å². The van der Waals surface area contributed by atoms with E-state index in [0.29, 0.717) is 11.3 Å². The van der Waals surface area contributed by atoms with E-state index in [1.807, 2.05) is 48.5 Å². The van der Waals surface area contributed by atoms with Crippen LogP contribution >= 0.6 is 0 Å². The van der Waals surface area contributed by atoms with Gasteiger partial charge in [-0.05, 0) is 34.1 Å². The highest BCUT2D eigenvalue weighted by atomic mass is 16.5. The molecule has 3 aromatic carbocycles. The van der Waals surface area contributed by atoms with Crippen molar-refractivity contribution in [3.63, 3.8) is 0 Å². The molecule has 0 bridgehead atoms. The van der Waals surface area contributed by atoms with Crippen LogP contribution in [-0.2, 0) is 4.74 Å². The van der Waals surface area contributed by atoms with Gasteiger partial charge in [0.15, 0.2) is 0 Å². The number of hydrogen-bond acceptors (Lipinski definition) is 2. The Morgan fingerprint density at radius 3 is 2.22 bits per heavy atom. The largest absolute Gasteiger partial charge is 0.422 e. The first-order valence-electron chi connectivity index (χ1n) is 7.59. The Hall–Kier alpha value is -3.13. The zero-order chi connectivity index (χ0) is 15.4. The second-order valence-corrected chi connectivity index (χ2v) is 5.76.